The standard InChI is InChI=1S/C24H24N4O2S/c1-16-7-9-18(10-8-16)30-15-21-26-23-22(24(29)28(21)25)19-11-12-27(14-20(19)31-23)13-17-5-3-2-4-6-17/h2-10H,11-15,25H2,1H3. The summed E-state index contributed by atoms with van der Waals surface area (Å²) >= 11 is 1.60. The lowest BCUT2D eigenvalue weighted by Gasteiger charge is -2.26. The van der Waals surface area contributed by atoms with Gasteiger partial charge in [-0.25, -0.2) is 9.66 Å². The average Bonchev–Trinajstić information content (AvgIpc) is 3.14. The molecule has 6 nitrogen and oxygen atoms in total. The van der Waals surface area contributed by atoms with Crippen LogP contribution in [0.25, 0.3) is 10.2 Å². The number of aromatic nitrogens is 2. The predicted octanol–water partition coefficient (Wildman–Crippen LogP) is 3.62. The van der Waals surface area contributed by atoms with Crippen molar-refractivity contribution in [3.8, 4) is 5.75 Å². The van der Waals surface area contributed by atoms with Gasteiger partial charge in [0.05, 0.1) is 5.39 Å². The highest BCUT2D eigenvalue weighted by Gasteiger charge is 2.25. The first-order chi connectivity index (χ1) is 15.1. The van der Waals surface area contributed by atoms with E-state index in [1.54, 1.807) is 11.3 Å². The number of hydrogen-bond donors (Lipinski definition) is 1. The number of thiophene rings is 1. The van der Waals surface area contributed by atoms with Crippen molar-refractivity contribution in [2.45, 2.75) is 33.0 Å². The van der Waals surface area contributed by atoms with Crippen molar-refractivity contribution in [1.29, 1.82) is 0 Å². The highest BCUT2D eigenvalue weighted by molar-refractivity contribution is 7.18. The first-order valence-electron chi connectivity index (χ1n) is 10.4. The number of fused-ring (bicyclic) bond motifs is 3. The second-order valence-electron chi connectivity index (χ2n) is 7.94. The summed E-state index contributed by atoms with van der Waals surface area (Å²) in [5, 5.41) is 0.668. The highest BCUT2D eigenvalue weighted by atomic mass is 32.1. The molecule has 0 saturated carbocycles. The minimum Gasteiger partial charge on any atom is -0.486 e. The first kappa shape index (κ1) is 19.8. The Labute approximate surface area is 184 Å². The SMILES string of the molecule is Cc1ccc(OCc2nc3sc4c(c3c(=O)n2N)CCN(Cc2ccccc2)C4)cc1. The van der Waals surface area contributed by atoms with E-state index in [1.807, 2.05) is 37.3 Å². The minimum atomic E-state index is -0.193. The Balaban J connectivity index is 1.40. The number of hydrogen-bond acceptors (Lipinski definition) is 6. The number of benzene rings is 2. The van der Waals surface area contributed by atoms with Gasteiger partial charge in [0.2, 0.25) is 0 Å². The van der Waals surface area contributed by atoms with Crippen molar-refractivity contribution in [2.24, 2.45) is 0 Å². The van der Waals surface area contributed by atoms with Gasteiger partial charge in [-0.15, -0.1) is 11.3 Å². The Morgan fingerprint density at radius 1 is 1.13 bits per heavy atom. The molecule has 7 heteroatoms. The van der Waals surface area contributed by atoms with E-state index in [9.17, 15) is 4.79 Å². The maximum atomic E-state index is 13.0. The third kappa shape index (κ3) is 3.94. The molecule has 158 valence electrons. The van der Waals surface area contributed by atoms with E-state index in [4.69, 9.17) is 15.6 Å². The average molecular weight is 433 g/mol. The lowest BCUT2D eigenvalue weighted by molar-refractivity contribution is 0.249. The Morgan fingerprint density at radius 3 is 2.68 bits per heavy atom. The number of aryl methyl sites for hydroxylation is 1. The van der Waals surface area contributed by atoms with Gasteiger partial charge in [-0.2, -0.15) is 0 Å². The molecule has 0 fully saturated rings. The van der Waals surface area contributed by atoms with Crippen LogP contribution in [0.4, 0.5) is 0 Å². The van der Waals surface area contributed by atoms with Crippen molar-refractivity contribution < 1.29 is 4.74 Å². The molecule has 31 heavy (non-hydrogen) atoms. The summed E-state index contributed by atoms with van der Waals surface area (Å²) in [6, 6.07) is 18.2. The molecule has 4 aromatic rings. The molecule has 0 spiro atoms. The molecule has 5 rings (SSSR count). The van der Waals surface area contributed by atoms with Gasteiger partial charge in [0, 0.05) is 24.5 Å². The van der Waals surface area contributed by atoms with Crippen LogP contribution < -0.4 is 16.1 Å². The van der Waals surface area contributed by atoms with E-state index in [2.05, 4.69) is 29.2 Å². The second kappa shape index (κ2) is 8.17. The van der Waals surface area contributed by atoms with Crippen LogP contribution in [0.2, 0.25) is 0 Å². The molecule has 2 aromatic carbocycles. The van der Waals surface area contributed by atoms with Gasteiger partial charge >= 0.3 is 0 Å². The summed E-state index contributed by atoms with van der Waals surface area (Å²) in [4.78, 5) is 22.1. The number of rotatable bonds is 5. The molecule has 0 aliphatic carbocycles. The van der Waals surface area contributed by atoms with Crippen molar-refractivity contribution in [1.82, 2.24) is 14.6 Å². The van der Waals surface area contributed by atoms with Crippen LogP contribution in [0.3, 0.4) is 0 Å². The molecule has 0 amide bonds. The number of nitrogens with two attached hydrogens (primary N) is 1. The Kier molecular flexibility index (Phi) is 5.21. The van der Waals surface area contributed by atoms with Gasteiger partial charge in [0.1, 0.15) is 17.2 Å². The van der Waals surface area contributed by atoms with E-state index in [-0.39, 0.29) is 12.2 Å². The molecule has 2 N–H and O–H groups in total. The van der Waals surface area contributed by atoms with E-state index >= 15 is 0 Å². The fourth-order valence-electron chi connectivity index (χ4n) is 4.01. The van der Waals surface area contributed by atoms with Crippen molar-refractivity contribution in [3.05, 3.63) is 92.3 Å². The largest absolute Gasteiger partial charge is 0.486 e. The number of nitrogens with zero attached hydrogens (tertiary/aromatic N) is 3. The molecule has 0 radical (unpaired) electrons. The van der Waals surface area contributed by atoms with Crippen LogP contribution in [0.1, 0.15) is 27.4 Å². The van der Waals surface area contributed by atoms with Crippen LogP contribution in [0.5, 0.6) is 5.75 Å². The zero-order valence-corrected chi connectivity index (χ0v) is 18.2. The van der Waals surface area contributed by atoms with Gasteiger partial charge in [0.25, 0.3) is 5.56 Å². The zero-order chi connectivity index (χ0) is 21.4. The Hall–Kier alpha value is -3.16. The topological polar surface area (TPSA) is 73.4 Å². The molecule has 0 saturated heterocycles. The third-order valence-corrected chi connectivity index (χ3v) is 6.81. The predicted molar refractivity (Wildman–Crippen MR) is 124 cm³/mol. The summed E-state index contributed by atoms with van der Waals surface area (Å²) in [6.45, 7) is 4.81. The summed E-state index contributed by atoms with van der Waals surface area (Å²) in [5.74, 6) is 7.27. The summed E-state index contributed by atoms with van der Waals surface area (Å²) < 4.78 is 6.95. The van der Waals surface area contributed by atoms with Crippen molar-refractivity contribution >= 4 is 21.6 Å². The monoisotopic (exact) mass is 432 g/mol. The molecule has 1 aliphatic rings. The normalized spacial score (nSPS) is 14.0. The van der Waals surface area contributed by atoms with Gasteiger partial charge in [-0.3, -0.25) is 9.69 Å². The van der Waals surface area contributed by atoms with Crippen LogP contribution in [0, 0.1) is 6.92 Å². The first-order valence-corrected chi connectivity index (χ1v) is 11.2. The van der Waals surface area contributed by atoms with Gasteiger partial charge in [-0.05, 0) is 36.6 Å². The smallest absolute Gasteiger partial charge is 0.281 e. The second-order valence-corrected chi connectivity index (χ2v) is 9.02. The molecule has 1 aliphatic heterocycles. The van der Waals surface area contributed by atoms with Crippen LogP contribution in [-0.2, 0) is 26.1 Å². The summed E-state index contributed by atoms with van der Waals surface area (Å²) in [7, 11) is 0. The lowest BCUT2D eigenvalue weighted by atomic mass is 10.0. The van der Waals surface area contributed by atoms with Crippen LogP contribution in [0.15, 0.2) is 59.4 Å². The lowest BCUT2D eigenvalue weighted by Crippen LogP contribution is -2.33. The maximum absolute atomic E-state index is 13.0. The zero-order valence-electron chi connectivity index (χ0n) is 17.4. The Bertz CT molecular complexity index is 1280. The van der Waals surface area contributed by atoms with E-state index in [0.29, 0.717) is 11.2 Å². The number of ether oxygens (including phenoxy) is 1. The summed E-state index contributed by atoms with van der Waals surface area (Å²) in [6.07, 6.45) is 0.832. The van der Waals surface area contributed by atoms with Crippen molar-refractivity contribution in [2.75, 3.05) is 12.4 Å². The fraction of sp³-hybridized carbons (Fsp3) is 0.250. The van der Waals surface area contributed by atoms with Crippen LogP contribution >= 0.6 is 11.3 Å². The molecular formula is C24H24N4O2S. The quantitative estimate of drug-likeness (QED) is 0.488. The Morgan fingerprint density at radius 2 is 1.90 bits per heavy atom. The minimum absolute atomic E-state index is 0.146. The maximum Gasteiger partial charge on any atom is 0.281 e. The molecular weight excluding hydrogens is 408 g/mol. The van der Waals surface area contributed by atoms with Gasteiger partial charge in [-0.1, -0.05) is 48.0 Å². The van der Waals surface area contributed by atoms with Crippen molar-refractivity contribution in [3.63, 3.8) is 0 Å². The molecule has 0 unspecified atom stereocenters. The molecule has 0 atom stereocenters. The third-order valence-electron chi connectivity index (χ3n) is 5.70. The highest BCUT2D eigenvalue weighted by Crippen LogP contribution is 2.33. The number of nitrogen functional groups attached to an aromatic ring is 1. The summed E-state index contributed by atoms with van der Waals surface area (Å²) in [5.41, 5.74) is 3.37. The fourth-order valence-corrected chi connectivity index (χ4v) is 5.28. The molecule has 0 bridgehead atoms. The van der Waals surface area contributed by atoms with E-state index < -0.39 is 0 Å². The van der Waals surface area contributed by atoms with Gasteiger partial charge < -0.3 is 10.6 Å². The van der Waals surface area contributed by atoms with E-state index in [0.717, 1.165) is 52.4 Å². The molecule has 2 aromatic heterocycles. The van der Waals surface area contributed by atoms with Crippen LogP contribution in [-0.4, -0.2) is 21.1 Å². The van der Waals surface area contributed by atoms with E-state index in [1.165, 1.54) is 10.4 Å². The molecule has 3 heterocycles. The van der Waals surface area contributed by atoms with Gasteiger partial charge in [0.15, 0.2) is 5.82 Å².